The number of hydrogen-bond acceptors (Lipinski definition) is 3. The molecule has 76 valence electrons. The van der Waals surface area contributed by atoms with Crippen molar-refractivity contribution < 1.29 is 9.53 Å². The van der Waals surface area contributed by atoms with E-state index in [0.717, 1.165) is 5.69 Å². The van der Waals surface area contributed by atoms with Crippen molar-refractivity contribution in [1.82, 2.24) is 15.1 Å². The van der Waals surface area contributed by atoms with Crippen molar-refractivity contribution in [2.24, 2.45) is 7.05 Å². The lowest BCUT2D eigenvalue weighted by atomic mass is 10.2. The smallest absolute Gasteiger partial charge is 0.269 e. The van der Waals surface area contributed by atoms with E-state index in [-0.39, 0.29) is 11.9 Å². The van der Waals surface area contributed by atoms with Gasteiger partial charge in [-0.1, -0.05) is 0 Å². The normalized spacial score (nSPS) is 16.4. The molecular weight excluding hydrogens is 182 g/mol. The number of hydrogen-bond donors (Lipinski definition) is 1. The highest BCUT2D eigenvalue weighted by Gasteiger charge is 2.22. The van der Waals surface area contributed by atoms with Gasteiger partial charge in [0.2, 0.25) is 0 Å². The largest absolute Gasteiger partial charge is 0.377 e. The molecule has 0 atom stereocenters. The molecule has 5 heteroatoms. The van der Waals surface area contributed by atoms with Crippen molar-refractivity contribution >= 4 is 5.91 Å². The summed E-state index contributed by atoms with van der Waals surface area (Å²) >= 11 is 0. The third-order valence-electron chi connectivity index (χ3n) is 2.21. The second kappa shape index (κ2) is 3.42. The van der Waals surface area contributed by atoms with E-state index < -0.39 is 0 Å². The van der Waals surface area contributed by atoms with Gasteiger partial charge >= 0.3 is 0 Å². The Hall–Kier alpha value is -1.36. The van der Waals surface area contributed by atoms with Crippen molar-refractivity contribution in [1.29, 1.82) is 0 Å². The molecule has 0 bridgehead atoms. The maximum atomic E-state index is 11.7. The summed E-state index contributed by atoms with van der Waals surface area (Å²) in [6.45, 7) is 3.09. The number of aromatic nitrogens is 2. The highest BCUT2D eigenvalue weighted by molar-refractivity contribution is 5.92. The SMILES string of the molecule is Cc1cc(C(=O)NC2COC2)n(C)n1. The van der Waals surface area contributed by atoms with Crippen LogP contribution in [0.15, 0.2) is 6.07 Å². The van der Waals surface area contributed by atoms with Crippen LogP contribution < -0.4 is 5.32 Å². The van der Waals surface area contributed by atoms with E-state index in [2.05, 4.69) is 10.4 Å². The summed E-state index contributed by atoms with van der Waals surface area (Å²) in [5, 5.41) is 6.97. The molecule has 1 saturated heterocycles. The molecule has 0 saturated carbocycles. The Morgan fingerprint density at radius 1 is 1.71 bits per heavy atom. The summed E-state index contributed by atoms with van der Waals surface area (Å²) < 4.78 is 6.56. The maximum Gasteiger partial charge on any atom is 0.269 e. The molecule has 1 aliphatic heterocycles. The van der Waals surface area contributed by atoms with E-state index in [1.54, 1.807) is 17.8 Å². The van der Waals surface area contributed by atoms with E-state index in [1.165, 1.54) is 0 Å². The fourth-order valence-corrected chi connectivity index (χ4v) is 1.40. The minimum absolute atomic E-state index is 0.0820. The summed E-state index contributed by atoms with van der Waals surface area (Å²) in [4.78, 5) is 11.7. The molecule has 1 aliphatic rings. The Morgan fingerprint density at radius 3 is 2.86 bits per heavy atom. The fourth-order valence-electron chi connectivity index (χ4n) is 1.40. The highest BCUT2D eigenvalue weighted by atomic mass is 16.5. The topological polar surface area (TPSA) is 56.1 Å². The molecule has 1 aromatic rings. The Morgan fingerprint density at radius 2 is 2.43 bits per heavy atom. The zero-order chi connectivity index (χ0) is 10.1. The van der Waals surface area contributed by atoms with Crippen LogP contribution in [0.1, 0.15) is 16.2 Å². The fraction of sp³-hybridized carbons (Fsp3) is 0.556. The van der Waals surface area contributed by atoms with Gasteiger partial charge in [0.1, 0.15) is 5.69 Å². The number of amides is 1. The number of carbonyl (C=O) groups excluding carboxylic acids is 1. The van der Waals surface area contributed by atoms with Crippen LogP contribution in [0, 0.1) is 6.92 Å². The van der Waals surface area contributed by atoms with Gasteiger partial charge in [0, 0.05) is 7.05 Å². The molecule has 0 radical (unpaired) electrons. The van der Waals surface area contributed by atoms with Crippen molar-refractivity contribution in [3.8, 4) is 0 Å². The molecule has 2 rings (SSSR count). The van der Waals surface area contributed by atoms with Crippen LogP contribution >= 0.6 is 0 Å². The van der Waals surface area contributed by atoms with Gasteiger partial charge in [0.05, 0.1) is 24.9 Å². The van der Waals surface area contributed by atoms with Crippen LogP contribution in [-0.4, -0.2) is 34.9 Å². The first-order chi connectivity index (χ1) is 6.66. The van der Waals surface area contributed by atoms with E-state index in [4.69, 9.17) is 4.74 Å². The molecule has 14 heavy (non-hydrogen) atoms. The average Bonchev–Trinajstić information content (AvgIpc) is 2.37. The second-order valence-corrected chi connectivity index (χ2v) is 3.50. The average molecular weight is 195 g/mol. The second-order valence-electron chi connectivity index (χ2n) is 3.50. The molecule has 0 unspecified atom stereocenters. The van der Waals surface area contributed by atoms with Crippen LogP contribution in [0.2, 0.25) is 0 Å². The summed E-state index contributed by atoms with van der Waals surface area (Å²) in [5.41, 5.74) is 1.44. The zero-order valence-electron chi connectivity index (χ0n) is 8.28. The number of aryl methyl sites for hydroxylation is 2. The number of nitrogens with zero attached hydrogens (tertiary/aromatic N) is 2. The first kappa shape index (κ1) is 9.21. The van der Waals surface area contributed by atoms with E-state index in [0.29, 0.717) is 18.9 Å². The van der Waals surface area contributed by atoms with E-state index in [1.807, 2.05) is 6.92 Å². The minimum Gasteiger partial charge on any atom is -0.377 e. The summed E-state index contributed by atoms with van der Waals surface area (Å²) in [6, 6.07) is 1.94. The first-order valence-electron chi connectivity index (χ1n) is 4.56. The molecule has 0 aromatic carbocycles. The predicted octanol–water partition coefficient (Wildman–Crippen LogP) is -0.143. The van der Waals surface area contributed by atoms with Crippen LogP contribution in [0.5, 0.6) is 0 Å². The Balaban J connectivity index is 2.06. The standard InChI is InChI=1S/C9H13N3O2/c1-6-3-8(12(2)11-6)9(13)10-7-4-14-5-7/h3,7H,4-5H2,1-2H3,(H,10,13). The number of nitrogens with one attached hydrogen (secondary N) is 1. The number of rotatable bonds is 2. The lowest BCUT2D eigenvalue weighted by Crippen LogP contribution is -2.48. The van der Waals surface area contributed by atoms with Crippen molar-refractivity contribution in [2.75, 3.05) is 13.2 Å². The first-order valence-corrected chi connectivity index (χ1v) is 4.56. The number of ether oxygens (including phenoxy) is 1. The quantitative estimate of drug-likeness (QED) is 0.714. The predicted molar refractivity (Wildman–Crippen MR) is 50.0 cm³/mol. The van der Waals surface area contributed by atoms with Crippen molar-refractivity contribution in [2.45, 2.75) is 13.0 Å². The van der Waals surface area contributed by atoms with Crippen molar-refractivity contribution in [3.63, 3.8) is 0 Å². The van der Waals surface area contributed by atoms with Crippen LogP contribution in [0.25, 0.3) is 0 Å². The Bertz CT molecular complexity index is 355. The highest BCUT2D eigenvalue weighted by Crippen LogP contribution is 2.05. The molecule has 1 N–H and O–H groups in total. The monoisotopic (exact) mass is 195 g/mol. The molecule has 1 aromatic heterocycles. The lowest BCUT2D eigenvalue weighted by Gasteiger charge is -2.26. The Labute approximate surface area is 82.0 Å². The van der Waals surface area contributed by atoms with Gasteiger partial charge in [-0.25, -0.2) is 0 Å². The van der Waals surface area contributed by atoms with E-state index in [9.17, 15) is 4.79 Å². The maximum absolute atomic E-state index is 11.7. The van der Waals surface area contributed by atoms with Gasteiger partial charge in [-0.15, -0.1) is 0 Å². The summed E-state index contributed by atoms with van der Waals surface area (Å²) in [6.07, 6.45) is 0. The van der Waals surface area contributed by atoms with Gasteiger partial charge in [-0.3, -0.25) is 9.48 Å². The third kappa shape index (κ3) is 1.63. The molecule has 5 nitrogen and oxygen atoms in total. The number of carbonyl (C=O) groups is 1. The lowest BCUT2D eigenvalue weighted by molar-refractivity contribution is -0.00362. The summed E-state index contributed by atoms with van der Waals surface area (Å²) in [5.74, 6) is -0.0820. The van der Waals surface area contributed by atoms with Gasteiger partial charge in [-0.2, -0.15) is 5.10 Å². The third-order valence-corrected chi connectivity index (χ3v) is 2.21. The molecule has 1 fully saturated rings. The minimum atomic E-state index is -0.0820. The van der Waals surface area contributed by atoms with Crippen LogP contribution in [0.3, 0.4) is 0 Å². The molecule has 2 heterocycles. The molecular formula is C9H13N3O2. The van der Waals surface area contributed by atoms with Gasteiger partial charge in [-0.05, 0) is 13.0 Å². The molecule has 1 amide bonds. The summed E-state index contributed by atoms with van der Waals surface area (Å²) in [7, 11) is 1.76. The molecule has 0 aliphatic carbocycles. The zero-order valence-corrected chi connectivity index (χ0v) is 8.28. The van der Waals surface area contributed by atoms with Gasteiger partial charge in [0.25, 0.3) is 5.91 Å². The molecule has 0 spiro atoms. The van der Waals surface area contributed by atoms with Crippen LogP contribution in [-0.2, 0) is 11.8 Å². The van der Waals surface area contributed by atoms with E-state index >= 15 is 0 Å². The van der Waals surface area contributed by atoms with Gasteiger partial charge < -0.3 is 10.1 Å². The Kier molecular flexibility index (Phi) is 2.25. The van der Waals surface area contributed by atoms with Crippen molar-refractivity contribution in [3.05, 3.63) is 17.5 Å². The van der Waals surface area contributed by atoms with Gasteiger partial charge in [0.15, 0.2) is 0 Å². The van der Waals surface area contributed by atoms with Crippen LogP contribution in [0.4, 0.5) is 0 Å².